The Morgan fingerprint density at radius 2 is 0.875 bits per heavy atom. The second-order valence-corrected chi connectivity index (χ2v) is 36.4. The third kappa shape index (κ3) is 16.4. The van der Waals surface area contributed by atoms with Crippen molar-refractivity contribution in [1.82, 2.24) is 0 Å². The molecule has 10 bridgehead atoms. The number of fused-ring (bicyclic) bond motifs is 25. The van der Waals surface area contributed by atoms with Crippen molar-refractivity contribution in [3.05, 3.63) is 0 Å². The average Bonchev–Trinajstić information content (AvgIpc) is 1.56. The monoisotopic (exact) mass is 1580 g/mol. The van der Waals surface area contributed by atoms with E-state index in [1.165, 1.54) is 28.4 Å². The van der Waals surface area contributed by atoms with Crippen molar-refractivity contribution >= 4 is 35.8 Å². The average molecular weight is 1590 g/mol. The molecule has 0 spiro atoms. The Morgan fingerprint density at radius 1 is 0.455 bits per heavy atom. The Balaban J connectivity index is 0.000000130. The quantitative estimate of drug-likeness (QED) is 0.0670. The second-order valence-electron chi connectivity index (χ2n) is 36.4. The number of aliphatic hydroxyl groups excluding tert-OH is 1. The van der Waals surface area contributed by atoms with Gasteiger partial charge in [0, 0.05) is 77.4 Å². The van der Waals surface area contributed by atoms with Gasteiger partial charge in [-0.1, -0.05) is 76.2 Å². The maximum absolute atomic E-state index is 12.9. The lowest BCUT2D eigenvalue weighted by molar-refractivity contribution is -0.188. The molecule has 16 aliphatic heterocycles. The zero-order valence-corrected chi connectivity index (χ0v) is 70.7. The number of hydrogen-bond acceptors (Lipinski definition) is 25. The summed E-state index contributed by atoms with van der Waals surface area (Å²) in [6, 6.07) is 0. The zero-order chi connectivity index (χ0) is 80.9. The minimum atomic E-state index is -1.08. The summed E-state index contributed by atoms with van der Waals surface area (Å²) in [4.78, 5) is 72.7. The van der Waals surface area contributed by atoms with E-state index in [-0.39, 0.29) is 189 Å². The first kappa shape index (κ1) is 87.6. The van der Waals surface area contributed by atoms with Gasteiger partial charge in [0.25, 0.3) is 0 Å². The maximum atomic E-state index is 12.9. The van der Waals surface area contributed by atoms with Crippen molar-refractivity contribution in [3.63, 3.8) is 0 Å². The first-order chi connectivity index (χ1) is 53.6. The molecule has 0 amide bonds. The second kappa shape index (κ2) is 36.5. The molecule has 39 atom stereocenters. The Hall–Kier alpha value is -3.70. The Bertz CT molecular complexity index is 3140. The number of carbonyl (C=O) groups is 6. The smallest absolute Gasteiger partial charge is 0.315 e. The minimum absolute atomic E-state index is 0.00356. The van der Waals surface area contributed by atoms with E-state index in [4.69, 9.17) is 75.8 Å². The molecule has 16 saturated heterocycles. The molecule has 25 nitrogen and oxygen atoms in total. The van der Waals surface area contributed by atoms with Crippen molar-refractivity contribution in [2.45, 2.75) is 384 Å². The molecule has 0 aromatic carbocycles. The third-order valence-corrected chi connectivity index (χ3v) is 30.1. The molecular weight excluding hydrogens is 1440 g/mol. The van der Waals surface area contributed by atoms with Crippen LogP contribution in [0.5, 0.6) is 0 Å². The summed E-state index contributed by atoms with van der Waals surface area (Å²) >= 11 is 0. The van der Waals surface area contributed by atoms with E-state index in [0.29, 0.717) is 66.5 Å². The van der Waals surface area contributed by atoms with Crippen LogP contribution in [0, 0.1) is 94.2 Å². The number of esters is 6. The van der Waals surface area contributed by atoms with Crippen LogP contribution in [0.15, 0.2) is 0 Å². The normalized spacial score (nSPS) is 45.8. The molecule has 0 aromatic heterocycles. The van der Waals surface area contributed by atoms with Gasteiger partial charge in [-0.05, 0) is 143 Å². The van der Waals surface area contributed by atoms with Crippen LogP contribution in [0.2, 0.25) is 0 Å². The maximum Gasteiger partial charge on any atom is 0.315 e. The molecule has 16 heterocycles. The highest BCUT2D eigenvalue weighted by Gasteiger charge is 2.72. The van der Waals surface area contributed by atoms with Gasteiger partial charge in [0.15, 0.2) is 0 Å². The van der Waals surface area contributed by atoms with Gasteiger partial charge in [-0.2, -0.15) is 0 Å². The van der Waals surface area contributed by atoms with Gasteiger partial charge in [-0.15, -0.1) is 0 Å². The van der Waals surface area contributed by atoms with E-state index in [1.54, 1.807) is 6.92 Å². The van der Waals surface area contributed by atoms with Crippen molar-refractivity contribution in [3.8, 4) is 0 Å². The largest absolute Gasteiger partial charge is 0.469 e. The molecule has 0 radical (unpaired) electrons. The van der Waals surface area contributed by atoms with Crippen molar-refractivity contribution in [1.29, 1.82) is 0 Å². The Morgan fingerprint density at radius 3 is 1.33 bits per heavy atom. The number of carbonyl (C=O) groups excluding carboxylic acids is 6. The number of ether oxygens (including phenoxy) is 17. The highest BCUT2D eigenvalue weighted by atomic mass is 16.7. The van der Waals surface area contributed by atoms with Gasteiger partial charge in [0.1, 0.15) is 5.60 Å². The summed E-state index contributed by atoms with van der Waals surface area (Å²) in [5, 5.41) is 21.2. The first-order valence-electron chi connectivity index (χ1n) is 43.9. The first-order valence-corrected chi connectivity index (χ1v) is 43.9. The van der Waals surface area contributed by atoms with E-state index in [1.807, 2.05) is 27.7 Å². The van der Waals surface area contributed by atoms with E-state index in [0.717, 1.165) is 116 Å². The summed E-state index contributed by atoms with van der Waals surface area (Å²) in [5.41, 5.74) is -2.03. The summed E-state index contributed by atoms with van der Waals surface area (Å²) < 4.78 is 98.2. The van der Waals surface area contributed by atoms with E-state index < -0.39 is 46.5 Å². The molecular formula is C87H140O25. The lowest BCUT2D eigenvalue weighted by Gasteiger charge is -2.38. The Labute approximate surface area is 666 Å². The topological polar surface area (TPSA) is 300 Å². The predicted molar refractivity (Wildman–Crippen MR) is 407 cm³/mol. The number of rotatable bonds is 24. The fraction of sp³-hybridized carbons (Fsp3) is 0.931. The van der Waals surface area contributed by atoms with E-state index >= 15 is 0 Å². The van der Waals surface area contributed by atoms with Crippen LogP contribution in [0.3, 0.4) is 0 Å². The number of aliphatic hydroxyl groups is 2. The summed E-state index contributed by atoms with van der Waals surface area (Å²) in [7, 11) is 5.40. The lowest BCUT2D eigenvalue weighted by Crippen LogP contribution is -2.49. The standard InChI is InChI=1S/C19H30O5.C19H32O4.C17H28O5.C16H24O6.C16H26O5/c1-3-12-17-14-9-11(19(23-14)18(17)13(4-2)22-12)10-15(20)24-16-7-5-6-8-21-16;1-7-11-14-13-10-19(6,17(20)23-18(4,5)9-3)16(22-13)15(14)12(8-2)21-11;1-5-10-14-12-7-9(17(3,19)8-13(18)20-4)16(22-12)15(14)11(6-2)21-10;1-5-7-9-10(8(6-2)21-7)14-12(16(18)20-4)11(13(9)22-14)15(17)19-3;1-4-10-14-12-6-8(9(17)7-13(18)19-3)16(21-12)15(14)11(5-2)20-10/h11-14,16-19H,3-10H2,1-2H3;11-16H,7-10H2,1-6H3;9-12,14-16,19H,5-8H2,1-4H3;7-14H,5-6H2,1-4H3;8-12,14-17H,4-7H2,1-3H3. The fourth-order valence-corrected chi connectivity index (χ4v) is 24.7. The molecule has 39 unspecified atom stereocenters. The van der Waals surface area contributed by atoms with Gasteiger partial charge in [-0.25, -0.2) is 0 Å². The zero-order valence-electron chi connectivity index (χ0n) is 70.7. The van der Waals surface area contributed by atoms with Gasteiger partial charge in [0.05, 0.1) is 205 Å². The van der Waals surface area contributed by atoms with Gasteiger partial charge in [0.2, 0.25) is 6.29 Å². The third-order valence-electron chi connectivity index (χ3n) is 30.1. The molecule has 638 valence electrons. The summed E-state index contributed by atoms with van der Waals surface area (Å²) in [6.07, 6.45) is 19.0. The highest BCUT2D eigenvalue weighted by Crippen LogP contribution is 2.64. The molecule has 112 heavy (non-hydrogen) atoms. The molecule has 16 aliphatic rings. The highest BCUT2D eigenvalue weighted by molar-refractivity contribution is 5.84. The predicted octanol–water partition coefficient (Wildman–Crippen LogP) is 11.4. The van der Waals surface area contributed by atoms with E-state index in [2.05, 4.69) is 74.0 Å². The lowest BCUT2D eigenvalue weighted by atomic mass is 9.64. The van der Waals surface area contributed by atoms with Gasteiger partial charge < -0.3 is 90.7 Å². The minimum Gasteiger partial charge on any atom is -0.469 e. The molecule has 16 rings (SSSR count). The van der Waals surface area contributed by atoms with Crippen LogP contribution in [-0.2, 0) is 109 Å². The number of methoxy groups -OCH3 is 4. The number of hydrogen-bond donors (Lipinski definition) is 2. The Kier molecular flexibility index (Phi) is 28.5. The van der Waals surface area contributed by atoms with Crippen LogP contribution in [0.4, 0.5) is 0 Å². The molecule has 16 fully saturated rings. The van der Waals surface area contributed by atoms with Crippen LogP contribution in [0.1, 0.15) is 239 Å². The molecule has 0 aliphatic carbocycles. The molecule has 0 aromatic rings. The van der Waals surface area contributed by atoms with Crippen LogP contribution in [0.25, 0.3) is 0 Å². The fourth-order valence-electron chi connectivity index (χ4n) is 24.7. The van der Waals surface area contributed by atoms with E-state index in [9.17, 15) is 39.0 Å². The SMILES string of the molecule is CCC1OC(CC)C2C1C1CC(C)(C(=O)OC(C)(C)CC)C2O1.CCC1OC(CC)C2C3OC(C(C(=O)OC)C3C(=O)OC)C12.CCC1OC(CC)C2C3OC(CC3C(C)(O)CC(=O)OC)C12.CCC1OC(CC)C2C3OC(CC3C(O)CC(=O)OC)C12.CCC1OC(CC)C2C3OC(CC3CC(=O)OC3CCCCO3)C12. The summed E-state index contributed by atoms with van der Waals surface area (Å²) in [6.45, 7) is 32.0. The molecule has 0 saturated carbocycles. The molecule has 25 heteroatoms. The van der Waals surface area contributed by atoms with Crippen molar-refractivity contribution in [2.24, 2.45) is 94.2 Å². The van der Waals surface area contributed by atoms with Crippen LogP contribution < -0.4 is 0 Å². The summed E-state index contributed by atoms with van der Waals surface area (Å²) in [5.74, 6) is 1.11. The van der Waals surface area contributed by atoms with Crippen LogP contribution in [-0.4, -0.2) is 227 Å². The van der Waals surface area contributed by atoms with Crippen molar-refractivity contribution < 1.29 is 120 Å². The van der Waals surface area contributed by atoms with Gasteiger partial charge >= 0.3 is 35.8 Å². The van der Waals surface area contributed by atoms with Gasteiger partial charge in [-0.3, -0.25) is 28.8 Å². The van der Waals surface area contributed by atoms with Crippen molar-refractivity contribution in [2.75, 3.05) is 35.0 Å². The van der Waals surface area contributed by atoms with Crippen LogP contribution >= 0.6 is 0 Å². The molecule has 2 N–H and O–H groups in total.